The molecule has 0 saturated carbocycles. The summed E-state index contributed by atoms with van der Waals surface area (Å²) in [7, 11) is 0. The van der Waals surface area contributed by atoms with Gasteiger partial charge in [-0.25, -0.2) is 4.63 Å². The van der Waals surface area contributed by atoms with Crippen LogP contribution in [-0.4, -0.2) is 33.0 Å². The van der Waals surface area contributed by atoms with Gasteiger partial charge in [0.2, 0.25) is 0 Å². The average Bonchev–Trinajstić information content (AvgIpc) is 3.19. The van der Waals surface area contributed by atoms with Gasteiger partial charge in [-0.1, -0.05) is 19.1 Å². The van der Waals surface area contributed by atoms with E-state index in [0.717, 1.165) is 36.1 Å². The molecule has 116 valence electrons. The zero-order valence-electron chi connectivity index (χ0n) is 12.5. The van der Waals surface area contributed by atoms with Gasteiger partial charge in [0.05, 0.1) is 6.61 Å². The van der Waals surface area contributed by atoms with E-state index >= 15 is 0 Å². The zero-order chi connectivity index (χ0) is 15.4. The Hall–Kier alpha value is -1.76. The van der Waals surface area contributed by atoms with Crippen LogP contribution in [0.2, 0.25) is 0 Å². The lowest BCUT2D eigenvalue weighted by atomic mass is 10.1. The minimum Gasteiger partial charge on any atom is -0.395 e. The molecule has 0 amide bonds. The molecule has 2 aromatic heterocycles. The van der Waals surface area contributed by atoms with Crippen LogP contribution in [0.5, 0.6) is 0 Å². The highest BCUT2D eigenvalue weighted by Gasteiger charge is 2.17. The Morgan fingerprint density at radius 2 is 2.09 bits per heavy atom. The van der Waals surface area contributed by atoms with Crippen molar-refractivity contribution in [2.24, 2.45) is 0 Å². The Balaban J connectivity index is 1.81. The summed E-state index contributed by atoms with van der Waals surface area (Å²) < 4.78 is 4.75. The van der Waals surface area contributed by atoms with E-state index in [1.807, 2.05) is 18.2 Å². The number of aliphatic hydroxyl groups excluding tert-OH is 1. The molecule has 2 heterocycles. The van der Waals surface area contributed by atoms with Crippen LogP contribution in [0.25, 0.3) is 11.0 Å². The molecule has 0 unspecified atom stereocenters. The molecule has 1 aromatic carbocycles. The largest absolute Gasteiger partial charge is 0.395 e. The van der Waals surface area contributed by atoms with Gasteiger partial charge in [-0.2, -0.15) is 0 Å². The number of benzene rings is 1. The molecule has 0 saturated heterocycles. The van der Waals surface area contributed by atoms with E-state index in [1.165, 1.54) is 4.88 Å². The zero-order valence-corrected chi connectivity index (χ0v) is 13.3. The lowest BCUT2D eigenvalue weighted by Crippen LogP contribution is -2.36. The predicted molar refractivity (Wildman–Crippen MR) is 86.5 cm³/mol. The summed E-state index contributed by atoms with van der Waals surface area (Å²) in [6, 6.07) is 10.3. The van der Waals surface area contributed by atoms with Crippen LogP contribution in [0.15, 0.2) is 40.3 Å². The topological polar surface area (TPSA) is 62.4 Å². The Bertz CT molecular complexity index is 707. The number of hydrogen-bond acceptors (Lipinski definition) is 6. The quantitative estimate of drug-likeness (QED) is 0.725. The van der Waals surface area contributed by atoms with Gasteiger partial charge in [-0.3, -0.25) is 4.90 Å². The third-order valence-electron chi connectivity index (χ3n) is 3.84. The van der Waals surface area contributed by atoms with Crippen molar-refractivity contribution in [1.82, 2.24) is 15.2 Å². The molecule has 1 atom stereocenters. The average molecular weight is 317 g/mol. The van der Waals surface area contributed by atoms with E-state index < -0.39 is 0 Å². The maximum absolute atomic E-state index is 9.67. The second kappa shape index (κ2) is 7.00. The van der Waals surface area contributed by atoms with E-state index in [0.29, 0.717) is 0 Å². The first-order chi connectivity index (χ1) is 10.8. The van der Waals surface area contributed by atoms with Gasteiger partial charge in [0.1, 0.15) is 11.0 Å². The van der Waals surface area contributed by atoms with Gasteiger partial charge < -0.3 is 5.11 Å². The van der Waals surface area contributed by atoms with Crippen LogP contribution < -0.4 is 0 Å². The Kier molecular flexibility index (Phi) is 4.82. The van der Waals surface area contributed by atoms with Crippen LogP contribution in [0.1, 0.15) is 23.8 Å². The minimum absolute atomic E-state index is 0.147. The number of fused-ring (bicyclic) bond motifs is 1. The minimum atomic E-state index is 0.147. The fourth-order valence-corrected chi connectivity index (χ4v) is 3.31. The molecule has 0 spiro atoms. The standard InChI is InChI=1S/C16H19N3O2S/c1-2-13(11-20)19(10-14-4-3-7-22-14)9-12-5-6-15-16(8-12)18-21-17-15/h3-8,13,20H,2,9-11H2,1H3/t13-/m0/s1. The van der Waals surface area contributed by atoms with Gasteiger partial charge in [-0.05, 0) is 45.9 Å². The van der Waals surface area contributed by atoms with Gasteiger partial charge in [0.15, 0.2) is 0 Å². The molecule has 3 aromatic rings. The molecule has 1 N–H and O–H groups in total. The molecule has 0 fully saturated rings. The number of nitrogens with zero attached hydrogens (tertiary/aromatic N) is 3. The lowest BCUT2D eigenvalue weighted by molar-refractivity contribution is 0.108. The summed E-state index contributed by atoms with van der Waals surface area (Å²) >= 11 is 1.74. The summed E-state index contributed by atoms with van der Waals surface area (Å²) in [5, 5.41) is 19.5. The van der Waals surface area contributed by atoms with Crippen molar-refractivity contribution < 1.29 is 9.74 Å². The Morgan fingerprint density at radius 1 is 1.23 bits per heavy atom. The SMILES string of the molecule is CC[C@@H](CO)N(Cc1ccc2nonc2c1)Cc1cccs1. The molecule has 0 aliphatic carbocycles. The van der Waals surface area contributed by atoms with Crippen molar-refractivity contribution in [3.8, 4) is 0 Å². The van der Waals surface area contributed by atoms with Crippen molar-refractivity contribution in [2.75, 3.05) is 6.61 Å². The number of aromatic nitrogens is 2. The molecule has 6 heteroatoms. The number of thiophene rings is 1. The van der Waals surface area contributed by atoms with Crippen LogP contribution in [-0.2, 0) is 13.1 Å². The number of aliphatic hydroxyl groups is 1. The van der Waals surface area contributed by atoms with Gasteiger partial charge >= 0.3 is 0 Å². The highest BCUT2D eigenvalue weighted by molar-refractivity contribution is 7.09. The van der Waals surface area contributed by atoms with E-state index in [1.54, 1.807) is 11.3 Å². The highest BCUT2D eigenvalue weighted by atomic mass is 32.1. The first kappa shape index (κ1) is 15.1. The van der Waals surface area contributed by atoms with E-state index in [9.17, 15) is 5.11 Å². The Labute approximate surface area is 133 Å². The molecule has 0 aliphatic rings. The fourth-order valence-electron chi connectivity index (χ4n) is 2.58. The third kappa shape index (κ3) is 3.35. The molecular weight excluding hydrogens is 298 g/mol. The van der Waals surface area contributed by atoms with Crippen LogP contribution >= 0.6 is 11.3 Å². The van der Waals surface area contributed by atoms with Crippen molar-refractivity contribution >= 4 is 22.4 Å². The summed E-state index contributed by atoms with van der Waals surface area (Å²) in [6.07, 6.45) is 0.912. The fraction of sp³-hybridized carbons (Fsp3) is 0.375. The van der Waals surface area contributed by atoms with Gasteiger partial charge in [-0.15, -0.1) is 11.3 Å². The maximum Gasteiger partial charge on any atom is 0.135 e. The molecule has 3 rings (SSSR count). The number of hydrogen-bond donors (Lipinski definition) is 1. The monoisotopic (exact) mass is 317 g/mol. The summed E-state index contributed by atoms with van der Waals surface area (Å²) in [5.74, 6) is 0. The first-order valence-corrected chi connectivity index (χ1v) is 8.26. The lowest BCUT2D eigenvalue weighted by Gasteiger charge is -2.29. The van der Waals surface area contributed by atoms with Crippen LogP contribution in [0, 0.1) is 0 Å². The molecule has 0 radical (unpaired) electrons. The van der Waals surface area contributed by atoms with E-state index in [2.05, 4.69) is 39.6 Å². The predicted octanol–water partition coefficient (Wildman–Crippen LogP) is 3.06. The summed E-state index contributed by atoms with van der Waals surface area (Å²) in [4.78, 5) is 3.61. The number of rotatable bonds is 7. The third-order valence-corrected chi connectivity index (χ3v) is 4.70. The molecule has 0 bridgehead atoms. The molecule has 22 heavy (non-hydrogen) atoms. The van der Waals surface area contributed by atoms with Gasteiger partial charge in [0.25, 0.3) is 0 Å². The smallest absolute Gasteiger partial charge is 0.135 e. The second-order valence-electron chi connectivity index (χ2n) is 5.32. The second-order valence-corrected chi connectivity index (χ2v) is 6.35. The van der Waals surface area contributed by atoms with Crippen molar-refractivity contribution in [3.63, 3.8) is 0 Å². The first-order valence-electron chi connectivity index (χ1n) is 7.38. The molecule has 0 aliphatic heterocycles. The van der Waals surface area contributed by atoms with Crippen molar-refractivity contribution in [1.29, 1.82) is 0 Å². The van der Waals surface area contributed by atoms with Crippen LogP contribution in [0.3, 0.4) is 0 Å². The van der Waals surface area contributed by atoms with Crippen molar-refractivity contribution in [2.45, 2.75) is 32.5 Å². The maximum atomic E-state index is 9.67. The molecular formula is C16H19N3O2S. The van der Waals surface area contributed by atoms with Crippen molar-refractivity contribution in [3.05, 3.63) is 46.2 Å². The molecule has 5 nitrogen and oxygen atoms in total. The van der Waals surface area contributed by atoms with E-state index in [-0.39, 0.29) is 12.6 Å². The summed E-state index contributed by atoms with van der Waals surface area (Å²) in [6.45, 7) is 3.87. The summed E-state index contributed by atoms with van der Waals surface area (Å²) in [5.41, 5.74) is 2.68. The van der Waals surface area contributed by atoms with Gasteiger partial charge in [0, 0.05) is 24.0 Å². The highest BCUT2D eigenvalue weighted by Crippen LogP contribution is 2.20. The van der Waals surface area contributed by atoms with E-state index in [4.69, 9.17) is 4.63 Å². The Morgan fingerprint density at radius 3 is 2.82 bits per heavy atom. The normalized spacial score (nSPS) is 13.0. The van der Waals surface area contributed by atoms with Crippen LogP contribution in [0.4, 0.5) is 0 Å².